The minimum absolute atomic E-state index is 0.0873. The van der Waals surface area contributed by atoms with Crippen LogP contribution in [-0.2, 0) is 11.2 Å². The zero-order valence-corrected chi connectivity index (χ0v) is 13.3. The van der Waals surface area contributed by atoms with Gasteiger partial charge in [0.25, 0.3) is 0 Å². The van der Waals surface area contributed by atoms with Crippen LogP contribution in [-0.4, -0.2) is 29.2 Å². The molecule has 0 aliphatic heterocycles. The van der Waals surface area contributed by atoms with E-state index >= 15 is 0 Å². The van der Waals surface area contributed by atoms with Crippen molar-refractivity contribution < 1.29 is 4.79 Å². The standard InChI is InChI=1S/C13H16IN3OS/c14-19-6-5-16-13(18)11(15)7-9-8-17-12-4-2-1-3-10(9)12/h1-4,8,11,17H,5-7,15H2,(H,16,18)/t11-/m0/s1. The van der Waals surface area contributed by atoms with Crippen molar-refractivity contribution in [2.24, 2.45) is 5.73 Å². The number of para-hydroxylation sites is 1. The van der Waals surface area contributed by atoms with Crippen LogP contribution in [0.2, 0.25) is 0 Å². The van der Waals surface area contributed by atoms with Gasteiger partial charge in [-0.05, 0) is 39.3 Å². The summed E-state index contributed by atoms with van der Waals surface area (Å²) < 4.78 is 0. The highest BCUT2D eigenvalue weighted by Gasteiger charge is 2.15. The monoisotopic (exact) mass is 389 g/mol. The molecule has 0 spiro atoms. The third-order valence-electron chi connectivity index (χ3n) is 2.93. The number of aromatic nitrogens is 1. The van der Waals surface area contributed by atoms with Crippen LogP contribution in [0.25, 0.3) is 10.9 Å². The minimum atomic E-state index is -0.501. The highest BCUT2D eigenvalue weighted by atomic mass is 127. The van der Waals surface area contributed by atoms with E-state index in [4.69, 9.17) is 5.73 Å². The largest absolute Gasteiger partial charge is 0.361 e. The number of H-pyrrole nitrogens is 1. The van der Waals surface area contributed by atoms with Gasteiger partial charge in [0.15, 0.2) is 0 Å². The fourth-order valence-corrected chi connectivity index (χ4v) is 2.81. The lowest BCUT2D eigenvalue weighted by atomic mass is 10.1. The van der Waals surface area contributed by atoms with E-state index in [1.165, 1.54) is 0 Å². The van der Waals surface area contributed by atoms with E-state index in [0.717, 1.165) is 22.2 Å². The molecule has 2 rings (SSSR count). The summed E-state index contributed by atoms with van der Waals surface area (Å²) >= 11 is 2.21. The molecule has 0 aliphatic rings. The molecule has 19 heavy (non-hydrogen) atoms. The minimum Gasteiger partial charge on any atom is -0.361 e. The molecule has 0 unspecified atom stereocenters. The first-order valence-corrected chi connectivity index (χ1v) is 9.57. The Morgan fingerprint density at radius 2 is 2.26 bits per heavy atom. The lowest BCUT2D eigenvalue weighted by Crippen LogP contribution is -2.42. The molecule has 1 atom stereocenters. The fourth-order valence-electron chi connectivity index (χ4n) is 1.97. The molecule has 0 saturated carbocycles. The average molecular weight is 389 g/mol. The van der Waals surface area contributed by atoms with Crippen LogP contribution in [0.15, 0.2) is 30.5 Å². The molecular formula is C13H16IN3OS. The average Bonchev–Trinajstić information content (AvgIpc) is 2.82. The quantitative estimate of drug-likeness (QED) is 0.524. The predicted octanol–water partition coefficient (Wildman–Crippen LogP) is 2.24. The summed E-state index contributed by atoms with van der Waals surface area (Å²) in [7, 11) is 1.67. The molecule has 0 bridgehead atoms. The summed E-state index contributed by atoms with van der Waals surface area (Å²) in [6.45, 7) is 0.661. The zero-order valence-electron chi connectivity index (χ0n) is 10.4. The third-order valence-corrected chi connectivity index (χ3v) is 4.61. The van der Waals surface area contributed by atoms with Crippen LogP contribution in [0.4, 0.5) is 0 Å². The molecular weight excluding hydrogens is 373 g/mol. The number of halogens is 1. The third kappa shape index (κ3) is 3.87. The Labute approximate surface area is 128 Å². The lowest BCUT2D eigenvalue weighted by molar-refractivity contribution is -0.122. The fraction of sp³-hybridized carbons (Fsp3) is 0.308. The summed E-state index contributed by atoms with van der Waals surface area (Å²) in [6.07, 6.45) is 2.48. The molecule has 1 heterocycles. The van der Waals surface area contributed by atoms with E-state index in [2.05, 4.69) is 31.5 Å². The van der Waals surface area contributed by atoms with Gasteiger partial charge in [-0.2, -0.15) is 0 Å². The Morgan fingerprint density at radius 1 is 1.47 bits per heavy atom. The maximum atomic E-state index is 11.8. The van der Waals surface area contributed by atoms with Gasteiger partial charge in [0.05, 0.1) is 6.04 Å². The lowest BCUT2D eigenvalue weighted by Gasteiger charge is -2.11. The Bertz CT molecular complexity index is 558. The number of benzene rings is 1. The van der Waals surface area contributed by atoms with Crippen LogP contribution in [0, 0.1) is 0 Å². The van der Waals surface area contributed by atoms with E-state index in [1.54, 1.807) is 8.93 Å². The smallest absolute Gasteiger partial charge is 0.237 e. The summed E-state index contributed by atoms with van der Waals surface area (Å²) in [6, 6.07) is 7.53. The van der Waals surface area contributed by atoms with Gasteiger partial charge in [-0.1, -0.05) is 27.1 Å². The molecule has 0 aliphatic carbocycles. The number of nitrogens with two attached hydrogens (primary N) is 1. The molecule has 4 nitrogen and oxygen atoms in total. The van der Waals surface area contributed by atoms with E-state index < -0.39 is 6.04 Å². The molecule has 102 valence electrons. The topological polar surface area (TPSA) is 70.9 Å². The summed E-state index contributed by atoms with van der Waals surface area (Å²) in [5.41, 5.74) is 8.11. The van der Waals surface area contributed by atoms with Crippen molar-refractivity contribution in [1.82, 2.24) is 10.3 Å². The van der Waals surface area contributed by atoms with Crippen LogP contribution in [0.5, 0.6) is 0 Å². The van der Waals surface area contributed by atoms with E-state index in [9.17, 15) is 4.79 Å². The maximum Gasteiger partial charge on any atom is 0.237 e. The number of hydrogen-bond acceptors (Lipinski definition) is 3. The normalized spacial score (nSPS) is 12.5. The number of rotatable bonds is 6. The predicted molar refractivity (Wildman–Crippen MR) is 89.5 cm³/mol. The second kappa shape index (κ2) is 7.16. The van der Waals surface area contributed by atoms with Crippen molar-refractivity contribution in [3.8, 4) is 0 Å². The molecule has 1 aromatic carbocycles. The van der Waals surface area contributed by atoms with E-state index in [0.29, 0.717) is 13.0 Å². The van der Waals surface area contributed by atoms with E-state index in [1.807, 2.05) is 30.5 Å². The van der Waals surface area contributed by atoms with Gasteiger partial charge >= 0.3 is 0 Å². The van der Waals surface area contributed by atoms with Gasteiger partial charge in [-0.15, -0.1) is 0 Å². The SMILES string of the molecule is N[C@@H](Cc1c[nH]c2ccccc12)C(=O)NCCSI. The number of amides is 1. The Morgan fingerprint density at radius 3 is 3.05 bits per heavy atom. The van der Waals surface area contributed by atoms with Crippen LogP contribution < -0.4 is 11.1 Å². The number of nitrogens with one attached hydrogen (secondary N) is 2. The molecule has 0 radical (unpaired) electrons. The van der Waals surface area contributed by atoms with Crippen molar-refractivity contribution in [3.05, 3.63) is 36.0 Å². The highest BCUT2D eigenvalue weighted by molar-refractivity contribution is 14.2. The van der Waals surface area contributed by atoms with Crippen LogP contribution in [0.3, 0.4) is 0 Å². The second-order valence-electron chi connectivity index (χ2n) is 4.27. The first kappa shape index (κ1) is 14.7. The number of aromatic amines is 1. The molecule has 6 heteroatoms. The molecule has 2 aromatic rings. The first-order valence-electron chi connectivity index (χ1n) is 6.04. The summed E-state index contributed by atoms with van der Waals surface area (Å²) in [5.74, 6) is 0.808. The number of hydrogen-bond donors (Lipinski definition) is 3. The number of carbonyl (C=O) groups excluding carboxylic acids is 1. The summed E-state index contributed by atoms with van der Waals surface area (Å²) in [5, 5.41) is 3.98. The van der Waals surface area contributed by atoms with Gasteiger partial charge in [-0.3, -0.25) is 4.79 Å². The molecule has 0 fully saturated rings. The first-order chi connectivity index (χ1) is 9.22. The molecule has 0 saturated heterocycles. The van der Waals surface area contributed by atoms with Crippen LogP contribution >= 0.6 is 30.1 Å². The van der Waals surface area contributed by atoms with Gasteiger partial charge in [0.2, 0.25) is 5.91 Å². The number of fused-ring (bicyclic) bond motifs is 1. The molecule has 1 amide bonds. The maximum absolute atomic E-state index is 11.8. The van der Waals surface area contributed by atoms with Gasteiger partial charge in [0.1, 0.15) is 0 Å². The number of carbonyl (C=O) groups is 1. The Balaban J connectivity index is 1.98. The van der Waals surface area contributed by atoms with Crippen molar-refractivity contribution in [2.45, 2.75) is 12.5 Å². The van der Waals surface area contributed by atoms with Gasteiger partial charge in [-0.25, -0.2) is 0 Å². The van der Waals surface area contributed by atoms with Crippen molar-refractivity contribution in [1.29, 1.82) is 0 Å². The summed E-state index contributed by atoms with van der Waals surface area (Å²) in [4.78, 5) is 15.0. The van der Waals surface area contributed by atoms with Crippen molar-refractivity contribution in [2.75, 3.05) is 12.3 Å². The zero-order chi connectivity index (χ0) is 13.7. The van der Waals surface area contributed by atoms with Crippen molar-refractivity contribution in [3.63, 3.8) is 0 Å². The second-order valence-corrected chi connectivity index (χ2v) is 6.77. The Kier molecular flexibility index (Phi) is 5.53. The van der Waals surface area contributed by atoms with Gasteiger partial charge < -0.3 is 16.0 Å². The Hall–Kier alpha value is -0.730. The van der Waals surface area contributed by atoms with Gasteiger partial charge in [0, 0.05) is 29.4 Å². The molecule has 4 N–H and O–H groups in total. The van der Waals surface area contributed by atoms with E-state index in [-0.39, 0.29) is 5.91 Å². The van der Waals surface area contributed by atoms with Crippen LogP contribution in [0.1, 0.15) is 5.56 Å². The van der Waals surface area contributed by atoms with Crippen molar-refractivity contribution >= 4 is 46.9 Å². The molecule has 1 aromatic heterocycles. The highest BCUT2D eigenvalue weighted by Crippen LogP contribution is 2.18.